The van der Waals surface area contributed by atoms with Gasteiger partial charge in [0.1, 0.15) is 17.3 Å². The minimum Gasteiger partial charge on any atom is -0.495 e. The molecule has 2 N–H and O–H groups in total. The summed E-state index contributed by atoms with van der Waals surface area (Å²) in [6.07, 6.45) is 0. The summed E-state index contributed by atoms with van der Waals surface area (Å²) in [5.41, 5.74) is 1.04. The molecule has 0 saturated heterocycles. The van der Waals surface area contributed by atoms with Crippen LogP contribution in [0.5, 0.6) is 11.5 Å². The van der Waals surface area contributed by atoms with E-state index < -0.39 is 5.91 Å². The van der Waals surface area contributed by atoms with Crippen LogP contribution in [0, 0.1) is 0 Å². The van der Waals surface area contributed by atoms with Crippen molar-refractivity contribution in [3.05, 3.63) is 63.3 Å². The van der Waals surface area contributed by atoms with Crippen LogP contribution in [0.4, 0.5) is 5.69 Å². The molecule has 2 aromatic carbocycles. The molecule has 30 heavy (non-hydrogen) atoms. The summed E-state index contributed by atoms with van der Waals surface area (Å²) >= 11 is 23.5. The Morgan fingerprint density at radius 2 is 1.70 bits per heavy atom. The van der Waals surface area contributed by atoms with Gasteiger partial charge in [0.25, 0.3) is 5.91 Å². The lowest BCUT2D eigenvalue weighted by atomic mass is 10.2. The van der Waals surface area contributed by atoms with E-state index in [0.717, 1.165) is 0 Å². The first-order valence-electron chi connectivity index (χ1n) is 8.41. The molecule has 156 valence electrons. The van der Waals surface area contributed by atoms with Crippen molar-refractivity contribution in [2.45, 2.75) is 0 Å². The van der Waals surface area contributed by atoms with Gasteiger partial charge < -0.3 is 19.2 Å². The van der Waals surface area contributed by atoms with Crippen molar-refractivity contribution < 1.29 is 18.7 Å². The van der Waals surface area contributed by atoms with E-state index in [4.69, 9.17) is 60.9 Å². The predicted octanol–water partition coefficient (Wildman–Crippen LogP) is 6.05. The van der Waals surface area contributed by atoms with Crippen molar-refractivity contribution in [2.75, 3.05) is 19.5 Å². The van der Waals surface area contributed by atoms with Crippen molar-refractivity contribution in [3.63, 3.8) is 0 Å². The van der Waals surface area contributed by atoms with Crippen LogP contribution in [0.2, 0.25) is 15.1 Å². The fraction of sp³-hybridized carbons (Fsp3) is 0.100. The number of benzene rings is 2. The van der Waals surface area contributed by atoms with Gasteiger partial charge >= 0.3 is 0 Å². The minimum absolute atomic E-state index is 0.0291. The quantitative estimate of drug-likeness (QED) is 0.429. The largest absolute Gasteiger partial charge is 0.495 e. The topological polar surface area (TPSA) is 72.7 Å². The van der Waals surface area contributed by atoms with Crippen molar-refractivity contribution in [1.29, 1.82) is 0 Å². The normalized spacial score (nSPS) is 10.4. The van der Waals surface area contributed by atoms with E-state index in [0.29, 0.717) is 43.6 Å². The van der Waals surface area contributed by atoms with E-state index in [9.17, 15) is 4.79 Å². The molecule has 0 atom stereocenters. The molecule has 6 nitrogen and oxygen atoms in total. The number of methoxy groups -OCH3 is 2. The maximum atomic E-state index is 12.5. The van der Waals surface area contributed by atoms with E-state index in [1.807, 2.05) is 0 Å². The summed E-state index contributed by atoms with van der Waals surface area (Å²) < 4.78 is 16.1. The number of ether oxygens (including phenoxy) is 2. The first-order chi connectivity index (χ1) is 14.3. The molecule has 0 bridgehead atoms. The molecule has 1 aromatic heterocycles. The van der Waals surface area contributed by atoms with Crippen molar-refractivity contribution in [3.8, 4) is 22.8 Å². The fourth-order valence-corrected chi connectivity index (χ4v) is 3.38. The average molecular weight is 486 g/mol. The number of amides is 1. The fourth-order valence-electron chi connectivity index (χ4n) is 2.57. The van der Waals surface area contributed by atoms with E-state index >= 15 is 0 Å². The molecule has 1 amide bonds. The van der Waals surface area contributed by atoms with Crippen LogP contribution in [0.1, 0.15) is 10.6 Å². The molecule has 0 radical (unpaired) electrons. The third kappa shape index (κ3) is 4.99. The molecule has 0 aliphatic heterocycles. The number of thiocarbonyl (C=S) groups is 1. The number of halogens is 3. The van der Waals surface area contributed by atoms with Crippen LogP contribution in [0.15, 0.2) is 46.9 Å². The summed E-state index contributed by atoms with van der Waals surface area (Å²) in [6, 6.07) is 11.3. The van der Waals surface area contributed by atoms with E-state index in [1.165, 1.54) is 20.3 Å². The molecule has 1 heterocycles. The number of nitrogens with one attached hydrogen (secondary N) is 2. The van der Waals surface area contributed by atoms with Crippen LogP contribution in [0.25, 0.3) is 11.3 Å². The SMILES string of the molecule is COc1cc(NC(=S)NC(=O)c2ccc(-c3cc(Cl)ccc3Cl)o2)c(OC)cc1Cl. The number of carbonyl (C=O) groups excluding carboxylic acids is 1. The third-order valence-corrected chi connectivity index (χ3v) is 5.04. The van der Waals surface area contributed by atoms with Crippen LogP contribution in [0.3, 0.4) is 0 Å². The number of anilines is 1. The van der Waals surface area contributed by atoms with E-state index in [-0.39, 0.29) is 10.9 Å². The van der Waals surface area contributed by atoms with Gasteiger partial charge in [0.2, 0.25) is 0 Å². The monoisotopic (exact) mass is 484 g/mol. The number of furan rings is 1. The van der Waals surface area contributed by atoms with E-state index in [1.54, 1.807) is 36.4 Å². The molecule has 0 fully saturated rings. The molecule has 0 spiro atoms. The zero-order chi connectivity index (χ0) is 21.8. The van der Waals surface area contributed by atoms with Crippen LogP contribution < -0.4 is 20.1 Å². The molecule has 3 rings (SSSR count). The lowest BCUT2D eigenvalue weighted by molar-refractivity contribution is 0.0951. The standard InChI is InChI=1S/C20H15Cl3N2O4S/c1-27-17-9-14(18(28-2)8-13(17)23)24-20(30)25-19(26)16-6-5-15(29-16)11-7-10(21)3-4-12(11)22/h3-9H,1-2H3,(H2,24,25,26,30). The summed E-state index contributed by atoms with van der Waals surface area (Å²) in [4.78, 5) is 12.5. The maximum Gasteiger partial charge on any atom is 0.293 e. The van der Waals surface area contributed by atoms with Crippen molar-refractivity contribution in [1.82, 2.24) is 5.32 Å². The number of rotatable bonds is 5. The van der Waals surface area contributed by atoms with Gasteiger partial charge in [-0.25, -0.2) is 0 Å². The van der Waals surface area contributed by atoms with Crippen molar-refractivity contribution in [2.24, 2.45) is 0 Å². The van der Waals surface area contributed by atoms with Gasteiger partial charge in [0.15, 0.2) is 10.9 Å². The molecule has 0 saturated carbocycles. The van der Waals surface area contributed by atoms with Gasteiger partial charge in [-0.1, -0.05) is 34.8 Å². The molecule has 3 aromatic rings. The highest BCUT2D eigenvalue weighted by Crippen LogP contribution is 2.36. The molecule has 10 heteroatoms. The zero-order valence-electron chi connectivity index (χ0n) is 15.7. The van der Waals surface area contributed by atoms with Gasteiger partial charge in [0, 0.05) is 22.7 Å². The Balaban J connectivity index is 1.73. The lowest BCUT2D eigenvalue weighted by Crippen LogP contribution is -2.34. The summed E-state index contributed by atoms with van der Waals surface area (Å²) in [6.45, 7) is 0. The van der Waals surface area contributed by atoms with Gasteiger partial charge in [-0.05, 0) is 42.5 Å². The highest BCUT2D eigenvalue weighted by Gasteiger charge is 2.17. The smallest absolute Gasteiger partial charge is 0.293 e. The first kappa shape index (κ1) is 22.2. The van der Waals surface area contributed by atoms with Crippen molar-refractivity contribution >= 4 is 63.7 Å². The maximum absolute atomic E-state index is 12.5. The summed E-state index contributed by atoms with van der Waals surface area (Å²) in [5, 5.41) is 6.76. The van der Waals surface area contributed by atoms with Gasteiger partial charge in [-0.2, -0.15) is 0 Å². The van der Waals surface area contributed by atoms with Crippen LogP contribution in [-0.4, -0.2) is 25.2 Å². The number of hydrogen-bond donors (Lipinski definition) is 2. The third-order valence-electron chi connectivity index (χ3n) is 3.97. The lowest BCUT2D eigenvalue weighted by Gasteiger charge is -2.14. The van der Waals surface area contributed by atoms with Gasteiger partial charge in [-0.3, -0.25) is 10.1 Å². The second kappa shape index (κ2) is 9.57. The Labute approximate surface area is 193 Å². The van der Waals surface area contributed by atoms with Crippen LogP contribution >= 0.6 is 47.0 Å². The molecular formula is C20H15Cl3N2O4S. The Morgan fingerprint density at radius 1 is 0.967 bits per heavy atom. The zero-order valence-corrected chi connectivity index (χ0v) is 18.8. The second-order valence-corrected chi connectivity index (χ2v) is 7.54. The minimum atomic E-state index is -0.545. The second-order valence-electron chi connectivity index (χ2n) is 5.88. The predicted molar refractivity (Wildman–Crippen MR) is 122 cm³/mol. The Kier molecular flexibility index (Phi) is 7.10. The molecule has 0 unspecified atom stereocenters. The van der Waals surface area contributed by atoms with Gasteiger partial charge in [-0.15, -0.1) is 0 Å². The van der Waals surface area contributed by atoms with Gasteiger partial charge in [0.05, 0.1) is 30.0 Å². The number of hydrogen-bond acceptors (Lipinski definition) is 5. The molecule has 0 aliphatic rings. The highest BCUT2D eigenvalue weighted by atomic mass is 35.5. The summed E-state index contributed by atoms with van der Waals surface area (Å²) in [7, 11) is 2.97. The molecular weight excluding hydrogens is 471 g/mol. The molecule has 0 aliphatic carbocycles. The number of carbonyl (C=O) groups is 1. The summed E-state index contributed by atoms with van der Waals surface area (Å²) in [5.74, 6) is 0.745. The Hall–Kier alpha value is -2.45. The Morgan fingerprint density at radius 3 is 2.40 bits per heavy atom. The highest BCUT2D eigenvalue weighted by molar-refractivity contribution is 7.80. The average Bonchev–Trinajstić information content (AvgIpc) is 3.20. The van der Waals surface area contributed by atoms with E-state index in [2.05, 4.69) is 10.6 Å². The first-order valence-corrected chi connectivity index (χ1v) is 9.95. The van der Waals surface area contributed by atoms with Crippen LogP contribution in [-0.2, 0) is 0 Å². The Bertz CT molecular complexity index is 1120.